The maximum atomic E-state index is 13.1. The Bertz CT molecular complexity index is 888. The average Bonchev–Trinajstić information content (AvgIpc) is 2.64. The SMILES string of the molecule is CCOc1cc([C@H]2Nc3ccccc3C(=O)N2CC(F)(F)F)ccc1OC(F)F. The molecule has 0 saturated carbocycles. The Labute approximate surface area is 163 Å². The molecule has 0 bridgehead atoms. The maximum Gasteiger partial charge on any atom is 0.406 e. The number of carbonyl (C=O) groups is 1. The third kappa shape index (κ3) is 4.69. The van der Waals surface area contributed by atoms with Crippen LogP contribution in [-0.2, 0) is 0 Å². The molecular weight excluding hydrogens is 399 g/mol. The van der Waals surface area contributed by atoms with Gasteiger partial charge < -0.3 is 19.7 Å². The molecule has 0 unspecified atom stereocenters. The predicted molar refractivity (Wildman–Crippen MR) is 94.1 cm³/mol. The van der Waals surface area contributed by atoms with E-state index in [0.29, 0.717) is 10.6 Å². The second-order valence-electron chi connectivity index (χ2n) is 6.16. The number of anilines is 1. The molecule has 0 saturated heterocycles. The van der Waals surface area contributed by atoms with E-state index in [1.54, 1.807) is 25.1 Å². The molecule has 156 valence electrons. The summed E-state index contributed by atoms with van der Waals surface area (Å²) in [5.41, 5.74) is 0.699. The lowest BCUT2D eigenvalue weighted by Gasteiger charge is -2.38. The lowest BCUT2D eigenvalue weighted by molar-refractivity contribution is -0.144. The van der Waals surface area contributed by atoms with E-state index >= 15 is 0 Å². The molecule has 1 amide bonds. The first-order chi connectivity index (χ1) is 13.7. The normalized spacial score (nSPS) is 16.4. The van der Waals surface area contributed by atoms with E-state index < -0.39 is 31.4 Å². The van der Waals surface area contributed by atoms with Gasteiger partial charge in [-0.1, -0.05) is 18.2 Å². The molecule has 1 atom stereocenters. The third-order valence-corrected chi connectivity index (χ3v) is 4.17. The highest BCUT2D eigenvalue weighted by atomic mass is 19.4. The molecule has 1 N–H and O–H groups in total. The van der Waals surface area contributed by atoms with Gasteiger partial charge in [0.2, 0.25) is 0 Å². The first-order valence-electron chi connectivity index (χ1n) is 8.64. The summed E-state index contributed by atoms with van der Waals surface area (Å²) >= 11 is 0. The van der Waals surface area contributed by atoms with Gasteiger partial charge in [0.1, 0.15) is 12.7 Å². The quantitative estimate of drug-likeness (QED) is 0.687. The van der Waals surface area contributed by atoms with Crippen molar-refractivity contribution in [1.29, 1.82) is 0 Å². The highest BCUT2D eigenvalue weighted by Crippen LogP contribution is 2.38. The molecular formula is C19H17F5N2O3. The zero-order chi connectivity index (χ0) is 21.2. The Kier molecular flexibility index (Phi) is 5.81. The smallest absolute Gasteiger partial charge is 0.406 e. The second-order valence-corrected chi connectivity index (χ2v) is 6.16. The minimum atomic E-state index is -4.64. The van der Waals surface area contributed by atoms with Crippen LogP contribution in [0.15, 0.2) is 42.5 Å². The van der Waals surface area contributed by atoms with Crippen molar-refractivity contribution < 1.29 is 36.2 Å². The number of carbonyl (C=O) groups excluding carboxylic acids is 1. The number of rotatable bonds is 6. The number of para-hydroxylation sites is 1. The van der Waals surface area contributed by atoms with Crippen molar-refractivity contribution in [1.82, 2.24) is 4.90 Å². The van der Waals surface area contributed by atoms with Crippen LogP contribution in [0.25, 0.3) is 0 Å². The average molecular weight is 416 g/mol. The maximum absolute atomic E-state index is 13.1. The number of amides is 1. The van der Waals surface area contributed by atoms with Crippen molar-refractivity contribution in [3.05, 3.63) is 53.6 Å². The molecule has 0 radical (unpaired) electrons. The van der Waals surface area contributed by atoms with E-state index in [-0.39, 0.29) is 29.2 Å². The number of ether oxygens (including phenoxy) is 2. The summed E-state index contributed by atoms with van der Waals surface area (Å²) in [6.45, 7) is -2.84. The molecule has 1 aliphatic rings. The van der Waals surface area contributed by atoms with Crippen LogP contribution in [0.3, 0.4) is 0 Å². The number of benzene rings is 2. The number of hydrogen-bond acceptors (Lipinski definition) is 4. The Morgan fingerprint density at radius 2 is 1.86 bits per heavy atom. The van der Waals surface area contributed by atoms with Crippen molar-refractivity contribution in [2.75, 3.05) is 18.5 Å². The highest BCUT2D eigenvalue weighted by molar-refractivity contribution is 6.01. The first-order valence-corrected chi connectivity index (χ1v) is 8.64. The van der Waals surface area contributed by atoms with Gasteiger partial charge in [0, 0.05) is 5.69 Å². The standard InChI is InChI=1S/C19H17F5N2O3/c1-2-28-15-9-11(7-8-14(15)29-18(20)21)16-25-13-6-4-3-5-12(13)17(27)26(16)10-19(22,23)24/h3-9,16,18,25H,2,10H2,1H3/t16-/m0/s1. The number of nitrogens with one attached hydrogen (secondary N) is 1. The second kappa shape index (κ2) is 8.14. The molecule has 0 spiro atoms. The van der Waals surface area contributed by atoms with E-state index in [4.69, 9.17) is 4.74 Å². The summed E-state index contributed by atoms with van der Waals surface area (Å²) in [5.74, 6) is -1.12. The number of nitrogens with zero attached hydrogens (tertiary/aromatic N) is 1. The summed E-state index contributed by atoms with van der Waals surface area (Å²) in [6, 6.07) is 9.95. The van der Waals surface area contributed by atoms with E-state index in [1.807, 2.05) is 0 Å². The van der Waals surface area contributed by atoms with Crippen molar-refractivity contribution in [2.24, 2.45) is 0 Å². The molecule has 0 aliphatic carbocycles. The Morgan fingerprint density at radius 3 is 2.52 bits per heavy atom. The van der Waals surface area contributed by atoms with Crippen LogP contribution >= 0.6 is 0 Å². The number of alkyl halides is 5. The molecule has 2 aromatic carbocycles. The van der Waals surface area contributed by atoms with Gasteiger partial charge in [-0.15, -0.1) is 0 Å². The van der Waals surface area contributed by atoms with Gasteiger partial charge >= 0.3 is 12.8 Å². The Morgan fingerprint density at radius 1 is 1.14 bits per heavy atom. The van der Waals surface area contributed by atoms with Crippen LogP contribution in [0, 0.1) is 0 Å². The van der Waals surface area contributed by atoms with Gasteiger partial charge in [-0.2, -0.15) is 22.0 Å². The Balaban J connectivity index is 2.04. The zero-order valence-corrected chi connectivity index (χ0v) is 15.2. The minimum Gasteiger partial charge on any atom is -0.490 e. The number of halogens is 5. The van der Waals surface area contributed by atoms with E-state index in [0.717, 1.165) is 0 Å². The predicted octanol–water partition coefficient (Wildman–Crippen LogP) is 4.82. The molecule has 2 aromatic rings. The van der Waals surface area contributed by atoms with Gasteiger partial charge in [0.05, 0.1) is 12.2 Å². The molecule has 1 heterocycles. The molecule has 0 fully saturated rings. The van der Waals surface area contributed by atoms with E-state index in [2.05, 4.69) is 10.1 Å². The van der Waals surface area contributed by atoms with Crippen LogP contribution in [0.4, 0.5) is 27.6 Å². The molecule has 0 aromatic heterocycles. The largest absolute Gasteiger partial charge is 0.490 e. The Hall–Kier alpha value is -3.04. The van der Waals surface area contributed by atoms with Crippen molar-refractivity contribution in [3.63, 3.8) is 0 Å². The summed E-state index contributed by atoms with van der Waals surface area (Å²) in [5, 5.41) is 2.91. The van der Waals surface area contributed by atoms with Crippen LogP contribution in [0.2, 0.25) is 0 Å². The van der Waals surface area contributed by atoms with Crippen LogP contribution < -0.4 is 14.8 Å². The highest BCUT2D eigenvalue weighted by Gasteiger charge is 2.40. The fourth-order valence-corrected chi connectivity index (χ4v) is 3.07. The fourth-order valence-electron chi connectivity index (χ4n) is 3.07. The summed E-state index contributed by atoms with van der Waals surface area (Å²) in [4.78, 5) is 13.4. The summed E-state index contributed by atoms with van der Waals surface area (Å²) in [7, 11) is 0. The fraction of sp³-hybridized carbons (Fsp3) is 0.316. The lowest BCUT2D eigenvalue weighted by Crippen LogP contribution is -2.47. The van der Waals surface area contributed by atoms with Gasteiger partial charge in [0.15, 0.2) is 11.5 Å². The topological polar surface area (TPSA) is 50.8 Å². The number of fused-ring (bicyclic) bond motifs is 1. The van der Waals surface area contributed by atoms with Gasteiger partial charge in [-0.05, 0) is 36.8 Å². The third-order valence-electron chi connectivity index (χ3n) is 4.17. The van der Waals surface area contributed by atoms with Gasteiger partial charge in [0.25, 0.3) is 5.91 Å². The van der Waals surface area contributed by atoms with Crippen molar-refractivity contribution in [3.8, 4) is 11.5 Å². The molecule has 1 aliphatic heterocycles. The molecule has 29 heavy (non-hydrogen) atoms. The summed E-state index contributed by atoms with van der Waals surface area (Å²) in [6.07, 6.45) is -5.82. The van der Waals surface area contributed by atoms with Crippen LogP contribution in [0.1, 0.15) is 29.0 Å². The van der Waals surface area contributed by atoms with E-state index in [1.165, 1.54) is 24.3 Å². The van der Waals surface area contributed by atoms with Crippen molar-refractivity contribution >= 4 is 11.6 Å². The van der Waals surface area contributed by atoms with Gasteiger partial charge in [-0.25, -0.2) is 0 Å². The molecule has 10 heteroatoms. The number of hydrogen-bond donors (Lipinski definition) is 1. The monoisotopic (exact) mass is 416 g/mol. The molecule has 3 rings (SSSR count). The molecule has 5 nitrogen and oxygen atoms in total. The van der Waals surface area contributed by atoms with Gasteiger partial charge in [-0.3, -0.25) is 4.79 Å². The summed E-state index contributed by atoms with van der Waals surface area (Å²) < 4.78 is 74.3. The minimum absolute atomic E-state index is 0.0645. The zero-order valence-electron chi connectivity index (χ0n) is 15.2. The first kappa shape index (κ1) is 20.7. The van der Waals surface area contributed by atoms with E-state index in [9.17, 15) is 26.7 Å². The van der Waals surface area contributed by atoms with Crippen molar-refractivity contribution in [2.45, 2.75) is 25.9 Å². The van der Waals surface area contributed by atoms with Crippen LogP contribution in [0.5, 0.6) is 11.5 Å². The van der Waals surface area contributed by atoms with Crippen LogP contribution in [-0.4, -0.2) is 36.7 Å². The lowest BCUT2D eigenvalue weighted by atomic mass is 10.0.